The number of amides is 1. The van der Waals surface area contributed by atoms with Gasteiger partial charge in [-0.05, 0) is 68.7 Å². The number of anilines is 1. The van der Waals surface area contributed by atoms with Crippen LogP contribution in [0.3, 0.4) is 0 Å². The minimum atomic E-state index is -0.161. The quantitative estimate of drug-likeness (QED) is 0.443. The van der Waals surface area contributed by atoms with Crippen LogP contribution in [0.25, 0.3) is 22.4 Å². The number of aryl methyl sites for hydroxylation is 4. The number of hydrogen-bond donors (Lipinski definition) is 0. The highest BCUT2D eigenvalue weighted by atomic mass is 16.5. The van der Waals surface area contributed by atoms with E-state index in [4.69, 9.17) is 4.52 Å². The molecule has 0 spiro atoms. The van der Waals surface area contributed by atoms with Gasteiger partial charge in [-0.15, -0.1) is 0 Å². The summed E-state index contributed by atoms with van der Waals surface area (Å²) in [6, 6.07) is 11.7. The van der Waals surface area contributed by atoms with Crippen LogP contribution in [0, 0.1) is 20.8 Å². The molecule has 1 aliphatic rings. The zero-order valence-corrected chi connectivity index (χ0v) is 19.8. The molecule has 0 radical (unpaired) electrons. The Morgan fingerprint density at radius 1 is 1.03 bits per heavy atom. The van der Waals surface area contributed by atoms with Crippen LogP contribution >= 0.6 is 0 Å². The zero-order valence-electron chi connectivity index (χ0n) is 19.8. The predicted molar refractivity (Wildman–Crippen MR) is 130 cm³/mol. The van der Waals surface area contributed by atoms with Crippen molar-refractivity contribution in [3.05, 3.63) is 69.5 Å². The van der Waals surface area contributed by atoms with Crippen LogP contribution in [0.15, 0.2) is 45.7 Å². The molecule has 1 saturated heterocycles. The number of hydrogen-bond acceptors (Lipinski definition) is 6. The number of carbonyl (C=O) groups is 1. The summed E-state index contributed by atoms with van der Waals surface area (Å²) in [5.74, 6) is 0.787. The van der Waals surface area contributed by atoms with E-state index in [1.165, 1.54) is 5.56 Å². The van der Waals surface area contributed by atoms with Gasteiger partial charge in [0.1, 0.15) is 5.69 Å². The number of carbonyl (C=O) groups excluding carboxylic acids is 1. The smallest absolute Gasteiger partial charge is 0.272 e. The van der Waals surface area contributed by atoms with E-state index in [2.05, 4.69) is 22.0 Å². The normalized spacial score (nSPS) is 16.1. The largest absolute Gasteiger partial charge is 0.339 e. The van der Waals surface area contributed by atoms with Crippen LogP contribution in [-0.4, -0.2) is 32.1 Å². The Bertz CT molecular complexity index is 1470. The Balaban J connectivity index is 1.42. The Kier molecular flexibility index (Phi) is 5.51. The summed E-state index contributed by atoms with van der Waals surface area (Å²) in [6.45, 7) is 9.01. The second kappa shape index (κ2) is 8.52. The monoisotopic (exact) mass is 457 g/mol. The van der Waals surface area contributed by atoms with Crippen LogP contribution in [0.2, 0.25) is 0 Å². The van der Waals surface area contributed by atoms with E-state index in [1.54, 1.807) is 16.4 Å². The van der Waals surface area contributed by atoms with E-state index in [-0.39, 0.29) is 17.4 Å². The van der Waals surface area contributed by atoms with Gasteiger partial charge in [-0.1, -0.05) is 18.1 Å². The molecule has 2 aromatic carbocycles. The van der Waals surface area contributed by atoms with E-state index in [9.17, 15) is 9.59 Å². The summed E-state index contributed by atoms with van der Waals surface area (Å²) in [6.07, 6.45) is 1.18. The van der Waals surface area contributed by atoms with Gasteiger partial charge >= 0.3 is 0 Å². The number of fused-ring (bicyclic) bond motifs is 1. The molecule has 1 atom stereocenters. The third-order valence-corrected chi connectivity index (χ3v) is 6.53. The van der Waals surface area contributed by atoms with Crippen molar-refractivity contribution < 1.29 is 9.32 Å². The first-order valence-corrected chi connectivity index (χ1v) is 11.6. The van der Waals surface area contributed by atoms with Gasteiger partial charge in [0.2, 0.25) is 17.6 Å². The maximum atomic E-state index is 12.7. The van der Waals surface area contributed by atoms with Crippen molar-refractivity contribution in [1.29, 1.82) is 0 Å². The Morgan fingerprint density at radius 2 is 1.85 bits per heavy atom. The van der Waals surface area contributed by atoms with Gasteiger partial charge in [-0.25, -0.2) is 4.98 Å². The molecule has 5 rings (SSSR count). The van der Waals surface area contributed by atoms with E-state index in [1.807, 2.05) is 50.2 Å². The van der Waals surface area contributed by atoms with Gasteiger partial charge in [0.05, 0.1) is 17.0 Å². The fourth-order valence-electron chi connectivity index (χ4n) is 4.49. The topological polar surface area (TPSA) is 94.1 Å². The molecule has 0 aliphatic carbocycles. The van der Waals surface area contributed by atoms with Crippen molar-refractivity contribution in [2.24, 2.45) is 0 Å². The fraction of sp³-hybridized carbons (Fsp3) is 0.346. The van der Waals surface area contributed by atoms with Crippen LogP contribution in [-0.2, 0) is 11.3 Å². The molecule has 4 aromatic rings. The van der Waals surface area contributed by atoms with Crippen molar-refractivity contribution in [1.82, 2.24) is 19.7 Å². The maximum absolute atomic E-state index is 12.7. The lowest BCUT2D eigenvalue weighted by molar-refractivity contribution is -0.117. The molecule has 1 amide bonds. The molecule has 8 heteroatoms. The number of nitrogens with zero attached hydrogens (tertiary/aromatic N) is 5. The molecular weight excluding hydrogens is 430 g/mol. The molecule has 8 nitrogen and oxygen atoms in total. The Hall–Kier alpha value is -3.81. The van der Waals surface area contributed by atoms with Crippen LogP contribution in [0.1, 0.15) is 48.4 Å². The molecule has 0 unspecified atom stereocenters. The van der Waals surface area contributed by atoms with E-state index in [0.717, 1.165) is 28.8 Å². The average Bonchev–Trinajstić information content (AvgIpc) is 3.45. The molecule has 0 bridgehead atoms. The molecule has 3 heterocycles. The summed E-state index contributed by atoms with van der Waals surface area (Å²) in [7, 11) is 0. The first-order chi connectivity index (χ1) is 16.4. The molecule has 1 aliphatic heterocycles. The standard InChI is InChI=1S/C26H27N5O3/c1-5-10-30-22-9-7-18(12-21(22)27-17(4)26(30)33)24-28-25(34-29-24)19-13-23(32)31(14-19)20-8-6-15(2)16(3)11-20/h6-9,11-12,19H,5,10,13-14H2,1-4H3/t19-/m1/s1. The van der Waals surface area contributed by atoms with Crippen LogP contribution in [0.4, 0.5) is 5.69 Å². The maximum Gasteiger partial charge on any atom is 0.272 e. The first-order valence-electron chi connectivity index (χ1n) is 11.6. The molecule has 1 fully saturated rings. The van der Waals surface area contributed by atoms with Crippen molar-refractivity contribution in [3.63, 3.8) is 0 Å². The number of rotatable bonds is 5. The average molecular weight is 458 g/mol. The third-order valence-electron chi connectivity index (χ3n) is 6.53. The fourth-order valence-corrected chi connectivity index (χ4v) is 4.49. The Morgan fingerprint density at radius 3 is 2.62 bits per heavy atom. The van der Waals surface area contributed by atoms with Crippen LogP contribution < -0.4 is 10.5 Å². The molecule has 2 aromatic heterocycles. The van der Waals surface area contributed by atoms with Crippen molar-refractivity contribution >= 4 is 22.6 Å². The molecule has 0 saturated carbocycles. The van der Waals surface area contributed by atoms with Crippen molar-refractivity contribution in [3.8, 4) is 11.4 Å². The second-order valence-electron chi connectivity index (χ2n) is 8.99. The predicted octanol–water partition coefficient (Wildman–Crippen LogP) is 4.30. The lowest BCUT2D eigenvalue weighted by atomic mass is 10.1. The molecule has 34 heavy (non-hydrogen) atoms. The summed E-state index contributed by atoms with van der Waals surface area (Å²) >= 11 is 0. The lowest BCUT2D eigenvalue weighted by Gasteiger charge is -2.17. The second-order valence-corrected chi connectivity index (χ2v) is 8.99. The van der Waals surface area contributed by atoms with Gasteiger partial charge in [0, 0.05) is 30.8 Å². The number of benzene rings is 2. The summed E-state index contributed by atoms with van der Waals surface area (Å²) < 4.78 is 7.34. The zero-order chi connectivity index (χ0) is 24.0. The van der Waals surface area contributed by atoms with E-state index in [0.29, 0.717) is 42.4 Å². The minimum Gasteiger partial charge on any atom is -0.339 e. The van der Waals surface area contributed by atoms with Gasteiger partial charge in [0.25, 0.3) is 5.56 Å². The van der Waals surface area contributed by atoms with E-state index >= 15 is 0 Å². The first kappa shape index (κ1) is 22.0. The third kappa shape index (κ3) is 3.79. The summed E-state index contributed by atoms with van der Waals surface area (Å²) in [4.78, 5) is 36.1. The van der Waals surface area contributed by atoms with Crippen LogP contribution in [0.5, 0.6) is 0 Å². The lowest BCUT2D eigenvalue weighted by Crippen LogP contribution is -2.24. The highest BCUT2D eigenvalue weighted by molar-refractivity contribution is 5.96. The minimum absolute atomic E-state index is 0.0484. The molecule has 174 valence electrons. The number of aromatic nitrogens is 4. The Labute approximate surface area is 197 Å². The van der Waals surface area contributed by atoms with Gasteiger partial charge in [0.15, 0.2) is 0 Å². The van der Waals surface area contributed by atoms with Gasteiger partial charge in [-0.3, -0.25) is 9.59 Å². The molecular formula is C26H27N5O3. The highest BCUT2D eigenvalue weighted by Crippen LogP contribution is 2.33. The SMILES string of the molecule is CCCn1c(=O)c(C)nc2cc(-c3noc([C@@H]4CC(=O)N(c5ccc(C)c(C)c5)C4)n3)ccc21. The van der Waals surface area contributed by atoms with Crippen molar-refractivity contribution in [2.45, 2.75) is 53.0 Å². The van der Waals surface area contributed by atoms with Gasteiger partial charge in [-0.2, -0.15) is 4.98 Å². The molecule has 0 N–H and O–H groups in total. The summed E-state index contributed by atoms with van der Waals surface area (Å²) in [5.41, 5.74) is 5.89. The summed E-state index contributed by atoms with van der Waals surface area (Å²) in [5, 5.41) is 4.17. The van der Waals surface area contributed by atoms with Crippen molar-refractivity contribution in [2.75, 3.05) is 11.4 Å². The van der Waals surface area contributed by atoms with Gasteiger partial charge < -0.3 is 14.0 Å². The van der Waals surface area contributed by atoms with E-state index < -0.39 is 0 Å². The highest BCUT2D eigenvalue weighted by Gasteiger charge is 2.35.